The molecule has 0 amide bonds. The van der Waals surface area contributed by atoms with Crippen LogP contribution in [0.2, 0.25) is 0 Å². The van der Waals surface area contributed by atoms with Crippen molar-refractivity contribution in [2.24, 2.45) is 0 Å². The van der Waals surface area contributed by atoms with E-state index < -0.39 is 7.49 Å². The van der Waals surface area contributed by atoms with Crippen molar-refractivity contribution in [2.75, 3.05) is 19.5 Å². The first kappa shape index (κ1) is 20.7. The number of benzene rings is 1. The molecule has 0 heterocycles. The van der Waals surface area contributed by atoms with Gasteiger partial charge >= 0.3 is 0 Å². The van der Waals surface area contributed by atoms with E-state index in [1.807, 2.05) is 13.3 Å². The van der Waals surface area contributed by atoms with Crippen LogP contribution in [-0.4, -0.2) is 24.4 Å². The second kappa shape index (κ2) is 13.0. The smallest absolute Gasteiger partial charge is 0.136 e. The number of aryl methyl sites for hydroxylation is 1. The Morgan fingerprint density at radius 3 is 1.57 bits per heavy atom. The van der Waals surface area contributed by atoms with Crippen LogP contribution in [0.4, 0.5) is 0 Å². The summed E-state index contributed by atoms with van der Waals surface area (Å²) >= 11 is 0. The predicted octanol–water partition coefficient (Wildman–Crippen LogP) is 6.70. The van der Waals surface area contributed by atoms with Crippen LogP contribution < -0.4 is 0 Å². The van der Waals surface area contributed by atoms with E-state index in [9.17, 15) is 4.89 Å². The highest BCUT2D eigenvalue weighted by Gasteiger charge is 2.19. The summed E-state index contributed by atoms with van der Waals surface area (Å²) in [5.41, 5.74) is 1.49. The summed E-state index contributed by atoms with van der Waals surface area (Å²) in [6.45, 7) is 4.04. The molecule has 1 aromatic carbocycles. The maximum atomic E-state index is 9.75. The summed E-state index contributed by atoms with van der Waals surface area (Å²) in [5, 5.41) is 0. The van der Waals surface area contributed by atoms with Crippen LogP contribution in [0.1, 0.15) is 76.2 Å². The van der Waals surface area contributed by atoms with Crippen molar-refractivity contribution in [3.63, 3.8) is 0 Å². The zero-order valence-corrected chi connectivity index (χ0v) is 16.4. The van der Waals surface area contributed by atoms with E-state index in [4.69, 9.17) is 0 Å². The zero-order valence-electron chi connectivity index (χ0n) is 15.5. The van der Waals surface area contributed by atoms with Crippen molar-refractivity contribution in [1.82, 2.24) is 0 Å². The molecule has 0 spiro atoms. The lowest BCUT2D eigenvalue weighted by molar-refractivity contribution is 0.547. The molecule has 0 saturated carbocycles. The molecule has 0 atom stereocenters. The molecule has 0 fully saturated rings. The van der Waals surface area contributed by atoms with Gasteiger partial charge in [-0.15, -0.1) is 0 Å². The van der Waals surface area contributed by atoms with E-state index in [0.29, 0.717) is 0 Å². The fraction of sp³-hybridized carbons (Fsp3) is 0.714. The third kappa shape index (κ3) is 13.7. The molecule has 1 aromatic rings. The molecule has 0 bridgehead atoms. The summed E-state index contributed by atoms with van der Waals surface area (Å²) in [6.07, 6.45) is 17.4. The van der Waals surface area contributed by atoms with Gasteiger partial charge in [0.25, 0.3) is 0 Å². The van der Waals surface area contributed by atoms with Gasteiger partial charge in [-0.25, -0.2) is 0 Å². The molecule has 1 rings (SSSR count). The lowest BCUT2D eigenvalue weighted by Gasteiger charge is -2.08. The first-order chi connectivity index (χ1) is 11.1. The summed E-state index contributed by atoms with van der Waals surface area (Å²) in [7, 11) is -1.52. The van der Waals surface area contributed by atoms with E-state index in [0.717, 1.165) is 6.16 Å². The highest BCUT2D eigenvalue weighted by atomic mass is 31.2. The van der Waals surface area contributed by atoms with Gasteiger partial charge in [0.1, 0.15) is 7.49 Å². The van der Waals surface area contributed by atoms with Gasteiger partial charge in [-0.1, -0.05) is 81.7 Å². The van der Waals surface area contributed by atoms with Crippen molar-refractivity contribution >= 4 is 7.49 Å². The average molecular weight is 338 g/mol. The number of hydrogen-bond acceptors (Lipinski definition) is 1. The highest BCUT2D eigenvalue weighted by Crippen LogP contribution is 2.46. The Hall–Kier alpha value is -0.390. The maximum Gasteiger partial charge on any atom is 0.136 e. The van der Waals surface area contributed by atoms with Gasteiger partial charge in [-0.3, -0.25) is 4.89 Å². The zero-order chi connectivity index (χ0) is 16.8. The van der Waals surface area contributed by atoms with Gasteiger partial charge in [0, 0.05) is 0 Å². The quantitative estimate of drug-likeness (QED) is 0.296. The van der Waals surface area contributed by atoms with Gasteiger partial charge in [0.2, 0.25) is 0 Å². The molecule has 0 aliphatic heterocycles. The Bertz CT molecular complexity index is 369. The van der Waals surface area contributed by atoms with Crippen LogP contribution in [0.3, 0.4) is 0 Å². The topological polar surface area (TPSA) is 20.2 Å². The van der Waals surface area contributed by atoms with E-state index in [1.165, 1.54) is 82.6 Å². The third-order valence-corrected chi connectivity index (χ3v) is 5.92. The van der Waals surface area contributed by atoms with Crippen LogP contribution in [0.25, 0.3) is 0 Å². The molecular formula is C21H38OP+. The van der Waals surface area contributed by atoms with Gasteiger partial charge in [-0.05, 0) is 31.2 Å². The number of rotatable bonds is 14. The van der Waals surface area contributed by atoms with Crippen molar-refractivity contribution in [3.05, 3.63) is 35.9 Å². The van der Waals surface area contributed by atoms with Crippen molar-refractivity contribution < 1.29 is 4.89 Å². The minimum absolute atomic E-state index is 1.05. The summed E-state index contributed by atoms with van der Waals surface area (Å²) in [4.78, 5) is 9.75. The van der Waals surface area contributed by atoms with Crippen molar-refractivity contribution in [1.29, 1.82) is 0 Å². The fourth-order valence-electron chi connectivity index (χ4n) is 3.06. The summed E-state index contributed by atoms with van der Waals surface area (Å²) in [6, 6.07) is 10.9. The maximum absolute atomic E-state index is 9.75. The molecule has 132 valence electrons. The fourth-order valence-corrected chi connectivity index (χ4v) is 4.06. The second-order valence-electron chi connectivity index (χ2n) is 7.47. The predicted molar refractivity (Wildman–Crippen MR) is 107 cm³/mol. The van der Waals surface area contributed by atoms with Crippen LogP contribution in [0.15, 0.2) is 30.3 Å². The van der Waals surface area contributed by atoms with Gasteiger partial charge in [-0.2, -0.15) is 0 Å². The largest absolute Gasteiger partial charge is 0.252 e. The summed E-state index contributed by atoms with van der Waals surface area (Å²) < 4.78 is 0. The first-order valence-electron chi connectivity index (χ1n) is 9.67. The average Bonchev–Trinajstić information content (AvgIpc) is 2.52. The Kier molecular flexibility index (Phi) is 11.6. The lowest BCUT2D eigenvalue weighted by atomic mass is 10.0. The molecule has 0 saturated heterocycles. The van der Waals surface area contributed by atoms with Crippen molar-refractivity contribution in [3.8, 4) is 0 Å². The molecule has 0 unspecified atom stereocenters. The van der Waals surface area contributed by atoms with E-state index in [-0.39, 0.29) is 0 Å². The number of unbranched alkanes of at least 4 members (excludes halogenated alkanes) is 10. The minimum Gasteiger partial charge on any atom is -0.252 e. The monoisotopic (exact) mass is 337 g/mol. The molecule has 1 nitrogen and oxygen atoms in total. The molecule has 23 heavy (non-hydrogen) atoms. The molecule has 0 aliphatic rings. The Labute approximate surface area is 145 Å². The standard InChI is InChI=1S/C21H38OP/c1-23(2,22)20-16-11-9-7-5-3-4-6-8-10-13-17-21-18-14-12-15-19-21/h12,14-15,18-19,22H,3-11,13,16-17,20H2,1-2H3/q+1. The Morgan fingerprint density at radius 2 is 1.09 bits per heavy atom. The van der Waals surface area contributed by atoms with E-state index in [1.54, 1.807) is 0 Å². The normalized spacial score (nSPS) is 11.8. The molecular weight excluding hydrogens is 299 g/mol. The van der Waals surface area contributed by atoms with Crippen LogP contribution >= 0.6 is 7.49 Å². The summed E-state index contributed by atoms with van der Waals surface area (Å²) in [5.74, 6) is 0. The van der Waals surface area contributed by atoms with Crippen LogP contribution in [-0.2, 0) is 6.42 Å². The first-order valence-corrected chi connectivity index (χ1v) is 12.5. The van der Waals surface area contributed by atoms with Gasteiger partial charge in [0.05, 0.1) is 19.5 Å². The molecule has 0 aromatic heterocycles. The third-order valence-electron chi connectivity index (χ3n) is 4.51. The van der Waals surface area contributed by atoms with E-state index >= 15 is 0 Å². The SMILES string of the molecule is C[P+](C)(O)CCCCCCCCCCCCCc1ccccc1. The Morgan fingerprint density at radius 1 is 0.652 bits per heavy atom. The number of hydrogen-bond donors (Lipinski definition) is 1. The van der Waals surface area contributed by atoms with Crippen LogP contribution in [0, 0.1) is 0 Å². The van der Waals surface area contributed by atoms with Gasteiger partial charge < -0.3 is 0 Å². The highest BCUT2D eigenvalue weighted by molar-refractivity contribution is 7.68. The van der Waals surface area contributed by atoms with Gasteiger partial charge in [0.15, 0.2) is 0 Å². The molecule has 0 radical (unpaired) electrons. The van der Waals surface area contributed by atoms with E-state index in [2.05, 4.69) is 30.3 Å². The van der Waals surface area contributed by atoms with Crippen molar-refractivity contribution in [2.45, 2.75) is 77.0 Å². The van der Waals surface area contributed by atoms with Crippen LogP contribution in [0.5, 0.6) is 0 Å². The second-order valence-corrected chi connectivity index (χ2v) is 11.2. The minimum atomic E-state index is -1.52. The Balaban J connectivity index is 1.76. The molecule has 2 heteroatoms. The molecule has 1 N–H and O–H groups in total. The lowest BCUT2D eigenvalue weighted by Crippen LogP contribution is -1.93. The molecule has 0 aliphatic carbocycles.